The zero-order chi connectivity index (χ0) is 20.9. The summed E-state index contributed by atoms with van der Waals surface area (Å²) in [6.45, 7) is 0.802. The van der Waals surface area contributed by atoms with Crippen molar-refractivity contribution < 1.29 is 14.7 Å². The Morgan fingerprint density at radius 2 is 1.83 bits per heavy atom. The van der Waals surface area contributed by atoms with Crippen LogP contribution in [0.4, 0.5) is 10.5 Å². The van der Waals surface area contributed by atoms with E-state index in [1.807, 2.05) is 6.07 Å². The van der Waals surface area contributed by atoms with Gasteiger partial charge in [0.15, 0.2) is 0 Å². The lowest BCUT2D eigenvalue weighted by atomic mass is 10.1. The Morgan fingerprint density at radius 3 is 2.53 bits per heavy atom. The molecular weight excluding hydrogens is 382 g/mol. The molecule has 8 nitrogen and oxygen atoms in total. The second kappa shape index (κ2) is 8.71. The number of carbonyl (C=O) groups is 2. The average Bonchev–Trinajstić information content (AvgIpc) is 3.23. The summed E-state index contributed by atoms with van der Waals surface area (Å²) < 4.78 is 0. The number of urea groups is 1. The van der Waals surface area contributed by atoms with Gasteiger partial charge in [-0.15, -0.1) is 0 Å². The standard InChI is InChI=1S/C22H21N5O3/c28-14-20(19-3-1-2-9-24-19)26-21(29)15-4-6-18(7-5-15)25-22(30)27-12-16-8-10-23-11-17(16)13-27/h1-11,20,28H,12-14H2,(H,25,30)(H,26,29)/t20-/m1/s1. The van der Waals surface area contributed by atoms with Crippen molar-refractivity contribution in [2.75, 3.05) is 11.9 Å². The Labute approximate surface area is 173 Å². The van der Waals surface area contributed by atoms with Crippen molar-refractivity contribution >= 4 is 17.6 Å². The molecular formula is C22H21N5O3. The first-order valence-corrected chi connectivity index (χ1v) is 9.54. The molecule has 3 N–H and O–H groups in total. The molecule has 152 valence electrons. The summed E-state index contributed by atoms with van der Waals surface area (Å²) in [5.74, 6) is -0.333. The predicted molar refractivity (Wildman–Crippen MR) is 110 cm³/mol. The highest BCUT2D eigenvalue weighted by atomic mass is 16.3. The van der Waals surface area contributed by atoms with Crippen molar-refractivity contribution in [3.05, 3.63) is 89.5 Å². The van der Waals surface area contributed by atoms with Crippen LogP contribution in [0.5, 0.6) is 0 Å². The largest absolute Gasteiger partial charge is 0.394 e. The molecule has 0 saturated heterocycles. The second-order valence-corrected chi connectivity index (χ2v) is 6.97. The Kier molecular flexibility index (Phi) is 5.67. The number of fused-ring (bicyclic) bond motifs is 1. The van der Waals surface area contributed by atoms with Crippen LogP contribution in [0, 0.1) is 0 Å². The number of aliphatic hydroxyl groups excluding tert-OH is 1. The van der Waals surface area contributed by atoms with Crippen molar-refractivity contribution in [3.8, 4) is 0 Å². The molecule has 0 aliphatic carbocycles. The number of rotatable bonds is 5. The Morgan fingerprint density at radius 1 is 1.03 bits per heavy atom. The van der Waals surface area contributed by atoms with Crippen molar-refractivity contribution in [1.82, 2.24) is 20.2 Å². The van der Waals surface area contributed by atoms with Gasteiger partial charge in [-0.3, -0.25) is 14.8 Å². The molecule has 0 saturated carbocycles. The molecule has 1 aliphatic heterocycles. The molecule has 0 radical (unpaired) electrons. The zero-order valence-electron chi connectivity index (χ0n) is 16.2. The van der Waals surface area contributed by atoms with Crippen LogP contribution in [0.25, 0.3) is 0 Å². The molecule has 1 aromatic carbocycles. The van der Waals surface area contributed by atoms with E-state index in [2.05, 4.69) is 20.6 Å². The zero-order valence-corrected chi connectivity index (χ0v) is 16.2. The van der Waals surface area contributed by atoms with Gasteiger partial charge < -0.3 is 20.6 Å². The molecule has 0 bridgehead atoms. The summed E-state index contributed by atoms with van der Waals surface area (Å²) in [5, 5.41) is 15.2. The third-order valence-electron chi connectivity index (χ3n) is 4.95. The maximum absolute atomic E-state index is 12.5. The van der Waals surface area contributed by atoms with Crippen LogP contribution in [0.1, 0.15) is 33.2 Å². The van der Waals surface area contributed by atoms with E-state index < -0.39 is 6.04 Å². The highest BCUT2D eigenvalue weighted by Gasteiger charge is 2.23. The van der Waals surface area contributed by atoms with Gasteiger partial charge in [-0.1, -0.05) is 6.07 Å². The molecule has 30 heavy (non-hydrogen) atoms. The molecule has 3 amide bonds. The van der Waals surface area contributed by atoms with E-state index in [0.717, 1.165) is 11.1 Å². The third kappa shape index (κ3) is 4.28. The van der Waals surface area contributed by atoms with E-state index in [1.165, 1.54) is 0 Å². The summed E-state index contributed by atoms with van der Waals surface area (Å²) >= 11 is 0. The lowest BCUT2D eigenvalue weighted by Gasteiger charge is -2.17. The Bertz CT molecular complexity index is 1020. The fraction of sp³-hybridized carbons (Fsp3) is 0.182. The number of benzene rings is 1. The number of aliphatic hydroxyl groups is 1. The van der Waals surface area contributed by atoms with Gasteiger partial charge in [0.05, 0.1) is 18.3 Å². The SMILES string of the molecule is O=C(N[C@H](CO)c1ccccn1)c1ccc(NC(=O)N2Cc3ccncc3C2)cc1. The first-order chi connectivity index (χ1) is 14.6. The minimum absolute atomic E-state index is 0.209. The molecule has 3 aromatic rings. The lowest BCUT2D eigenvalue weighted by Crippen LogP contribution is -2.31. The number of hydrogen-bond acceptors (Lipinski definition) is 5. The van der Waals surface area contributed by atoms with E-state index in [0.29, 0.717) is 30.0 Å². The van der Waals surface area contributed by atoms with Crippen LogP contribution in [0.3, 0.4) is 0 Å². The van der Waals surface area contributed by atoms with Crippen molar-refractivity contribution in [2.45, 2.75) is 19.1 Å². The van der Waals surface area contributed by atoms with Gasteiger partial charge in [0.1, 0.15) is 0 Å². The molecule has 3 heterocycles. The quantitative estimate of drug-likeness (QED) is 0.607. The second-order valence-electron chi connectivity index (χ2n) is 6.97. The summed E-state index contributed by atoms with van der Waals surface area (Å²) in [5.41, 5.74) is 3.74. The highest BCUT2D eigenvalue weighted by Crippen LogP contribution is 2.22. The molecule has 0 spiro atoms. The van der Waals surface area contributed by atoms with Gasteiger partial charge in [-0.05, 0) is 53.6 Å². The van der Waals surface area contributed by atoms with Crippen molar-refractivity contribution in [3.63, 3.8) is 0 Å². The number of aromatic nitrogens is 2. The van der Waals surface area contributed by atoms with Gasteiger partial charge in [-0.2, -0.15) is 0 Å². The third-order valence-corrected chi connectivity index (χ3v) is 4.95. The molecule has 0 unspecified atom stereocenters. The fourth-order valence-corrected chi connectivity index (χ4v) is 3.31. The van der Waals surface area contributed by atoms with Gasteiger partial charge in [-0.25, -0.2) is 4.79 Å². The van der Waals surface area contributed by atoms with Gasteiger partial charge in [0.2, 0.25) is 0 Å². The summed E-state index contributed by atoms with van der Waals surface area (Å²) in [6.07, 6.45) is 5.11. The van der Waals surface area contributed by atoms with E-state index in [1.54, 1.807) is 66.0 Å². The smallest absolute Gasteiger partial charge is 0.322 e. The molecule has 1 aliphatic rings. The maximum atomic E-state index is 12.5. The number of hydrogen-bond donors (Lipinski definition) is 3. The minimum Gasteiger partial charge on any atom is -0.394 e. The monoisotopic (exact) mass is 403 g/mol. The van der Waals surface area contributed by atoms with E-state index in [9.17, 15) is 14.7 Å². The van der Waals surface area contributed by atoms with E-state index in [4.69, 9.17) is 0 Å². The van der Waals surface area contributed by atoms with Gasteiger partial charge in [0, 0.05) is 42.9 Å². The number of pyridine rings is 2. The van der Waals surface area contributed by atoms with Crippen LogP contribution in [0.2, 0.25) is 0 Å². The normalized spacial score (nSPS) is 13.4. The first kappa shape index (κ1) is 19.5. The van der Waals surface area contributed by atoms with Crippen LogP contribution in [0.15, 0.2) is 67.1 Å². The van der Waals surface area contributed by atoms with Crippen molar-refractivity contribution in [2.24, 2.45) is 0 Å². The van der Waals surface area contributed by atoms with Crippen molar-refractivity contribution in [1.29, 1.82) is 0 Å². The topological polar surface area (TPSA) is 107 Å². The van der Waals surface area contributed by atoms with E-state index in [-0.39, 0.29) is 18.5 Å². The average molecular weight is 403 g/mol. The molecule has 2 aromatic heterocycles. The predicted octanol–water partition coefficient (Wildman–Crippen LogP) is 2.49. The first-order valence-electron chi connectivity index (χ1n) is 9.54. The molecule has 0 fully saturated rings. The van der Waals surface area contributed by atoms with Crippen LogP contribution in [-0.2, 0) is 13.1 Å². The lowest BCUT2D eigenvalue weighted by molar-refractivity contribution is 0.0914. The van der Waals surface area contributed by atoms with Crippen LogP contribution < -0.4 is 10.6 Å². The summed E-state index contributed by atoms with van der Waals surface area (Å²) in [6, 6.07) is 13.0. The van der Waals surface area contributed by atoms with Gasteiger partial charge >= 0.3 is 6.03 Å². The number of amides is 3. The van der Waals surface area contributed by atoms with Gasteiger partial charge in [0.25, 0.3) is 5.91 Å². The number of nitrogens with one attached hydrogen (secondary N) is 2. The Hall–Kier alpha value is -3.78. The maximum Gasteiger partial charge on any atom is 0.322 e. The molecule has 4 rings (SSSR count). The highest BCUT2D eigenvalue weighted by molar-refractivity contribution is 5.95. The molecule has 8 heteroatoms. The molecule has 1 atom stereocenters. The van der Waals surface area contributed by atoms with E-state index >= 15 is 0 Å². The number of anilines is 1. The minimum atomic E-state index is -0.593. The van der Waals surface area contributed by atoms with Crippen LogP contribution in [-0.4, -0.2) is 38.5 Å². The van der Waals surface area contributed by atoms with Crippen LogP contribution >= 0.6 is 0 Å². The summed E-state index contributed by atoms with van der Waals surface area (Å²) in [7, 11) is 0. The number of carbonyl (C=O) groups excluding carboxylic acids is 2. The Balaban J connectivity index is 1.36. The number of nitrogens with zero attached hydrogens (tertiary/aromatic N) is 3. The summed E-state index contributed by atoms with van der Waals surface area (Å²) in [4.78, 5) is 35.0. The fourth-order valence-electron chi connectivity index (χ4n) is 3.31.